The topological polar surface area (TPSA) is 38.0 Å². The summed E-state index contributed by atoms with van der Waals surface area (Å²) >= 11 is 5.83. The average Bonchev–Trinajstić information content (AvgIpc) is 2.30. The maximum absolute atomic E-state index is 5.89. The molecule has 0 amide bonds. The van der Waals surface area contributed by atoms with Crippen LogP contribution >= 0.6 is 11.6 Å². The zero-order chi connectivity index (χ0) is 11.4. The molecule has 1 aromatic carbocycles. The van der Waals surface area contributed by atoms with Gasteiger partial charge in [0.15, 0.2) is 0 Å². The van der Waals surface area contributed by atoms with Crippen molar-refractivity contribution in [3.63, 3.8) is 0 Å². The first-order chi connectivity index (χ1) is 7.74. The van der Waals surface area contributed by atoms with Gasteiger partial charge in [-0.05, 0) is 55.9 Å². The highest BCUT2D eigenvalue weighted by Gasteiger charge is 2.17. The van der Waals surface area contributed by atoms with Crippen LogP contribution in [0.3, 0.4) is 0 Å². The Morgan fingerprint density at radius 2 is 1.75 bits per heavy atom. The molecule has 1 aliphatic carbocycles. The first kappa shape index (κ1) is 11.7. The molecular formula is C13H19ClN2. The van der Waals surface area contributed by atoms with E-state index < -0.39 is 0 Å². The van der Waals surface area contributed by atoms with Gasteiger partial charge in [-0.25, -0.2) is 0 Å². The lowest BCUT2D eigenvalue weighted by molar-refractivity contribution is 0.339. The number of hydrogen-bond donors (Lipinski definition) is 2. The number of hydrogen-bond acceptors (Lipinski definition) is 2. The van der Waals surface area contributed by atoms with Gasteiger partial charge in [0.1, 0.15) is 0 Å². The molecule has 16 heavy (non-hydrogen) atoms. The van der Waals surface area contributed by atoms with E-state index in [0.717, 1.165) is 23.2 Å². The molecule has 1 saturated carbocycles. The van der Waals surface area contributed by atoms with E-state index in [0.29, 0.717) is 6.04 Å². The Labute approximate surface area is 102 Å². The van der Waals surface area contributed by atoms with Crippen molar-refractivity contribution in [1.82, 2.24) is 0 Å². The molecule has 88 valence electrons. The maximum Gasteiger partial charge on any atom is 0.0407 e. The molecule has 2 nitrogen and oxygen atoms in total. The van der Waals surface area contributed by atoms with Crippen LogP contribution in [0.5, 0.6) is 0 Å². The number of nitrogens with two attached hydrogens (primary N) is 1. The predicted molar refractivity (Wildman–Crippen MR) is 69.9 cm³/mol. The average molecular weight is 239 g/mol. The van der Waals surface area contributed by atoms with Gasteiger partial charge in [-0.1, -0.05) is 11.6 Å². The van der Waals surface area contributed by atoms with Crippen LogP contribution in [0.4, 0.5) is 5.69 Å². The van der Waals surface area contributed by atoms with Gasteiger partial charge < -0.3 is 11.1 Å². The fraction of sp³-hybridized carbons (Fsp3) is 0.538. The first-order valence-electron chi connectivity index (χ1n) is 5.99. The van der Waals surface area contributed by atoms with Crippen LogP contribution < -0.4 is 11.1 Å². The van der Waals surface area contributed by atoms with Gasteiger partial charge in [-0.2, -0.15) is 0 Å². The van der Waals surface area contributed by atoms with E-state index in [9.17, 15) is 0 Å². The molecule has 3 heteroatoms. The zero-order valence-corrected chi connectivity index (χ0v) is 10.2. The van der Waals surface area contributed by atoms with Crippen LogP contribution in [0.2, 0.25) is 5.02 Å². The smallest absolute Gasteiger partial charge is 0.0407 e. The fourth-order valence-electron chi connectivity index (χ4n) is 2.22. The summed E-state index contributed by atoms with van der Waals surface area (Å²) in [5.74, 6) is 0.774. The molecule has 0 heterocycles. The second kappa shape index (κ2) is 5.55. The molecule has 1 aliphatic rings. The zero-order valence-electron chi connectivity index (χ0n) is 9.45. The van der Waals surface area contributed by atoms with Gasteiger partial charge >= 0.3 is 0 Å². The lowest BCUT2D eigenvalue weighted by Crippen LogP contribution is -2.29. The van der Waals surface area contributed by atoms with Crippen LogP contribution in [-0.2, 0) is 0 Å². The standard InChI is InChI=1S/C13H19ClN2/c14-11-3-7-13(8-4-11)16-9-10-1-5-12(15)6-2-10/h3-4,7-8,10,12,16H,1-2,5-6,9,15H2. The summed E-state index contributed by atoms with van der Waals surface area (Å²) in [6, 6.07) is 8.32. The summed E-state index contributed by atoms with van der Waals surface area (Å²) in [6.45, 7) is 1.05. The monoisotopic (exact) mass is 238 g/mol. The minimum Gasteiger partial charge on any atom is -0.385 e. The first-order valence-corrected chi connectivity index (χ1v) is 6.37. The maximum atomic E-state index is 5.89. The van der Waals surface area contributed by atoms with Crippen molar-refractivity contribution in [3.8, 4) is 0 Å². The Kier molecular flexibility index (Phi) is 4.08. The minimum absolute atomic E-state index is 0.437. The highest BCUT2D eigenvalue weighted by atomic mass is 35.5. The van der Waals surface area contributed by atoms with Crippen molar-refractivity contribution >= 4 is 17.3 Å². The van der Waals surface area contributed by atoms with Gasteiger partial charge in [0.05, 0.1) is 0 Å². The number of halogens is 1. The van der Waals surface area contributed by atoms with E-state index in [2.05, 4.69) is 5.32 Å². The number of anilines is 1. The van der Waals surface area contributed by atoms with Crippen LogP contribution in [0.25, 0.3) is 0 Å². The lowest BCUT2D eigenvalue weighted by atomic mass is 9.86. The Bertz CT molecular complexity index is 315. The third-order valence-corrected chi connectivity index (χ3v) is 3.58. The van der Waals surface area contributed by atoms with Crippen molar-refractivity contribution in [2.75, 3.05) is 11.9 Å². The SMILES string of the molecule is NC1CCC(CNc2ccc(Cl)cc2)CC1. The quantitative estimate of drug-likeness (QED) is 0.848. The molecule has 1 fully saturated rings. The van der Waals surface area contributed by atoms with E-state index in [1.54, 1.807) is 0 Å². The summed E-state index contributed by atoms with van der Waals surface area (Å²) in [5.41, 5.74) is 7.04. The predicted octanol–water partition coefficient (Wildman–Crippen LogP) is 3.27. The Morgan fingerprint density at radius 1 is 1.12 bits per heavy atom. The second-order valence-electron chi connectivity index (χ2n) is 4.67. The fourth-order valence-corrected chi connectivity index (χ4v) is 2.35. The third-order valence-electron chi connectivity index (χ3n) is 3.33. The van der Waals surface area contributed by atoms with E-state index in [4.69, 9.17) is 17.3 Å². The number of benzene rings is 1. The molecule has 2 rings (SSSR count). The Morgan fingerprint density at radius 3 is 2.38 bits per heavy atom. The minimum atomic E-state index is 0.437. The number of rotatable bonds is 3. The van der Waals surface area contributed by atoms with E-state index >= 15 is 0 Å². The van der Waals surface area contributed by atoms with E-state index in [1.807, 2.05) is 24.3 Å². The number of nitrogens with one attached hydrogen (secondary N) is 1. The van der Waals surface area contributed by atoms with Crippen molar-refractivity contribution < 1.29 is 0 Å². The molecule has 0 spiro atoms. The normalized spacial score (nSPS) is 25.4. The molecule has 0 unspecified atom stereocenters. The van der Waals surface area contributed by atoms with Crippen LogP contribution in [0.15, 0.2) is 24.3 Å². The third kappa shape index (κ3) is 3.39. The van der Waals surface area contributed by atoms with Gasteiger partial charge in [0, 0.05) is 23.3 Å². The highest BCUT2D eigenvalue weighted by molar-refractivity contribution is 6.30. The largest absolute Gasteiger partial charge is 0.385 e. The molecule has 0 aliphatic heterocycles. The molecule has 0 atom stereocenters. The molecule has 0 saturated heterocycles. The molecule has 0 radical (unpaired) electrons. The van der Waals surface area contributed by atoms with Gasteiger partial charge in [0.2, 0.25) is 0 Å². The second-order valence-corrected chi connectivity index (χ2v) is 5.11. The molecular weight excluding hydrogens is 220 g/mol. The summed E-state index contributed by atoms with van der Waals surface area (Å²) < 4.78 is 0. The van der Waals surface area contributed by atoms with E-state index in [1.165, 1.54) is 25.7 Å². The van der Waals surface area contributed by atoms with Crippen molar-refractivity contribution in [2.45, 2.75) is 31.7 Å². The van der Waals surface area contributed by atoms with Crippen LogP contribution in [-0.4, -0.2) is 12.6 Å². The van der Waals surface area contributed by atoms with Crippen LogP contribution in [0, 0.1) is 5.92 Å². The van der Waals surface area contributed by atoms with Crippen LogP contribution in [0.1, 0.15) is 25.7 Å². The highest BCUT2D eigenvalue weighted by Crippen LogP contribution is 2.23. The molecule has 1 aromatic rings. The molecule has 3 N–H and O–H groups in total. The van der Waals surface area contributed by atoms with Gasteiger partial charge in [-0.3, -0.25) is 0 Å². The summed E-state index contributed by atoms with van der Waals surface area (Å²) in [6.07, 6.45) is 4.85. The summed E-state index contributed by atoms with van der Waals surface area (Å²) in [7, 11) is 0. The van der Waals surface area contributed by atoms with Gasteiger partial charge in [0.25, 0.3) is 0 Å². The summed E-state index contributed by atoms with van der Waals surface area (Å²) in [4.78, 5) is 0. The van der Waals surface area contributed by atoms with Crippen molar-refractivity contribution in [3.05, 3.63) is 29.3 Å². The van der Waals surface area contributed by atoms with Crippen molar-refractivity contribution in [2.24, 2.45) is 11.7 Å². The van der Waals surface area contributed by atoms with Gasteiger partial charge in [-0.15, -0.1) is 0 Å². The molecule has 0 aromatic heterocycles. The van der Waals surface area contributed by atoms with Crippen molar-refractivity contribution in [1.29, 1.82) is 0 Å². The Balaban J connectivity index is 1.77. The van der Waals surface area contributed by atoms with E-state index in [-0.39, 0.29) is 0 Å². The Hall–Kier alpha value is -0.730. The lowest BCUT2D eigenvalue weighted by Gasteiger charge is -2.26. The molecule has 0 bridgehead atoms. The summed E-state index contributed by atoms with van der Waals surface area (Å²) in [5, 5.41) is 4.24.